The number of rotatable bonds is 7. The molecular formula is C22H32OSi. The van der Waals surface area contributed by atoms with Crippen molar-refractivity contribution < 1.29 is 4.43 Å². The summed E-state index contributed by atoms with van der Waals surface area (Å²) in [6.45, 7) is 13.5. The van der Waals surface area contributed by atoms with Gasteiger partial charge in [0.2, 0.25) is 8.32 Å². The third kappa shape index (κ3) is 3.92. The van der Waals surface area contributed by atoms with Crippen LogP contribution in [-0.4, -0.2) is 8.32 Å². The molecule has 0 N–H and O–H groups in total. The van der Waals surface area contributed by atoms with Gasteiger partial charge in [0.05, 0.1) is 0 Å². The molecule has 24 heavy (non-hydrogen) atoms. The fourth-order valence-corrected chi connectivity index (χ4v) is 5.86. The fraction of sp³-hybridized carbons (Fsp3) is 0.455. The second-order valence-electron chi connectivity index (χ2n) is 7.36. The Labute approximate surface area is 149 Å². The molecule has 0 aliphatic rings. The highest BCUT2D eigenvalue weighted by Crippen LogP contribution is 2.33. The van der Waals surface area contributed by atoms with E-state index in [9.17, 15) is 0 Å². The van der Waals surface area contributed by atoms with Crippen LogP contribution in [0.3, 0.4) is 0 Å². The lowest BCUT2D eigenvalue weighted by molar-refractivity contribution is 0.530. The Morgan fingerprint density at radius 2 is 1.17 bits per heavy atom. The molecule has 0 aliphatic heterocycles. The van der Waals surface area contributed by atoms with Gasteiger partial charge in [-0.3, -0.25) is 0 Å². The standard InChI is InChI=1S/C22H32OSi/c1-7-24(8-2,9-3)23-21-16-14-20(15-17-21)22(5,6)19-12-10-18(4)11-13-19/h10-17H,7-9H2,1-6H3. The molecule has 2 rings (SSSR count). The summed E-state index contributed by atoms with van der Waals surface area (Å²) in [5.41, 5.74) is 3.98. The van der Waals surface area contributed by atoms with E-state index < -0.39 is 8.32 Å². The van der Waals surface area contributed by atoms with Gasteiger partial charge in [-0.25, -0.2) is 0 Å². The van der Waals surface area contributed by atoms with Crippen molar-refractivity contribution in [3.63, 3.8) is 0 Å². The molecule has 0 spiro atoms. The molecule has 130 valence electrons. The highest BCUT2D eigenvalue weighted by atomic mass is 28.4. The van der Waals surface area contributed by atoms with E-state index in [1.165, 1.54) is 34.8 Å². The summed E-state index contributed by atoms with van der Waals surface area (Å²) in [5, 5.41) is 0. The van der Waals surface area contributed by atoms with Crippen LogP contribution in [0.5, 0.6) is 5.75 Å². The van der Waals surface area contributed by atoms with Gasteiger partial charge in [-0.05, 0) is 48.3 Å². The Balaban J connectivity index is 2.23. The van der Waals surface area contributed by atoms with Crippen LogP contribution in [0.1, 0.15) is 51.3 Å². The molecule has 2 heteroatoms. The molecule has 0 atom stereocenters. The van der Waals surface area contributed by atoms with Crippen LogP contribution in [-0.2, 0) is 5.41 Å². The zero-order chi connectivity index (χ0) is 17.8. The van der Waals surface area contributed by atoms with E-state index in [0.717, 1.165) is 5.75 Å². The van der Waals surface area contributed by atoms with Crippen LogP contribution in [0, 0.1) is 6.92 Å². The lowest BCUT2D eigenvalue weighted by Gasteiger charge is -2.30. The van der Waals surface area contributed by atoms with Gasteiger partial charge in [0.1, 0.15) is 5.75 Å². The Bertz CT molecular complexity index is 628. The summed E-state index contributed by atoms with van der Waals surface area (Å²) in [5.74, 6) is 1.04. The number of hydrogen-bond acceptors (Lipinski definition) is 1. The second kappa shape index (κ2) is 7.56. The summed E-state index contributed by atoms with van der Waals surface area (Å²) in [4.78, 5) is 0. The molecule has 2 aromatic rings. The zero-order valence-corrected chi connectivity index (χ0v) is 17.1. The van der Waals surface area contributed by atoms with Crippen molar-refractivity contribution in [3.8, 4) is 5.75 Å². The van der Waals surface area contributed by atoms with Crippen LogP contribution in [0.2, 0.25) is 18.1 Å². The van der Waals surface area contributed by atoms with Crippen molar-refractivity contribution in [2.45, 2.75) is 65.1 Å². The Kier molecular flexibility index (Phi) is 5.92. The minimum atomic E-state index is -1.59. The van der Waals surface area contributed by atoms with Gasteiger partial charge >= 0.3 is 0 Å². The molecule has 0 unspecified atom stereocenters. The SMILES string of the molecule is CC[Si](CC)(CC)Oc1ccc(C(C)(C)c2ccc(C)cc2)cc1. The number of benzene rings is 2. The molecule has 0 bridgehead atoms. The van der Waals surface area contributed by atoms with Gasteiger partial charge in [-0.2, -0.15) is 0 Å². The lowest BCUT2D eigenvalue weighted by Crippen LogP contribution is -2.39. The summed E-state index contributed by atoms with van der Waals surface area (Å²) in [7, 11) is -1.59. The number of aryl methyl sites for hydroxylation is 1. The zero-order valence-electron chi connectivity index (χ0n) is 16.1. The summed E-state index contributed by atoms with van der Waals surface area (Å²) in [6, 6.07) is 21.2. The van der Waals surface area contributed by atoms with Gasteiger partial charge in [0.25, 0.3) is 0 Å². The van der Waals surface area contributed by atoms with Crippen LogP contribution < -0.4 is 4.43 Å². The molecule has 1 nitrogen and oxygen atoms in total. The van der Waals surface area contributed by atoms with Gasteiger partial charge in [0, 0.05) is 5.41 Å². The highest BCUT2D eigenvalue weighted by Gasteiger charge is 2.31. The van der Waals surface area contributed by atoms with E-state index in [1.54, 1.807) is 0 Å². The second-order valence-corrected chi connectivity index (χ2v) is 12.1. The Morgan fingerprint density at radius 3 is 1.58 bits per heavy atom. The van der Waals surface area contributed by atoms with E-state index >= 15 is 0 Å². The first-order valence-corrected chi connectivity index (χ1v) is 11.8. The first kappa shape index (κ1) is 18.8. The highest BCUT2D eigenvalue weighted by molar-refractivity contribution is 6.74. The van der Waals surface area contributed by atoms with Crippen molar-refractivity contribution in [1.82, 2.24) is 0 Å². The van der Waals surface area contributed by atoms with E-state index in [2.05, 4.69) is 90.1 Å². The predicted molar refractivity (Wildman–Crippen MR) is 108 cm³/mol. The van der Waals surface area contributed by atoms with Gasteiger partial charge in [-0.15, -0.1) is 0 Å². The molecular weight excluding hydrogens is 308 g/mol. The summed E-state index contributed by atoms with van der Waals surface area (Å²) < 4.78 is 6.48. The molecule has 2 aromatic carbocycles. The number of hydrogen-bond donors (Lipinski definition) is 0. The average molecular weight is 341 g/mol. The third-order valence-corrected chi connectivity index (χ3v) is 10.2. The van der Waals surface area contributed by atoms with Gasteiger partial charge < -0.3 is 4.43 Å². The molecule has 0 aromatic heterocycles. The van der Waals surface area contributed by atoms with Crippen molar-refractivity contribution in [1.29, 1.82) is 0 Å². The normalized spacial score (nSPS) is 12.2. The van der Waals surface area contributed by atoms with Crippen LogP contribution in [0.25, 0.3) is 0 Å². The van der Waals surface area contributed by atoms with E-state index in [-0.39, 0.29) is 5.41 Å². The Hall–Kier alpha value is -1.54. The van der Waals surface area contributed by atoms with E-state index in [4.69, 9.17) is 4.43 Å². The molecule has 0 saturated heterocycles. The van der Waals surface area contributed by atoms with Crippen LogP contribution in [0.4, 0.5) is 0 Å². The van der Waals surface area contributed by atoms with Crippen molar-refractivity contribution in [2.24, 2.45) is 0 Å². The Morgan fingerprint density at radius 1 is 0.750 bits per heavy atom. The molecule has 0 amide bonds. The van der Waals surface area contributed by atoms with Crippen LogP contribution >= 0.6 is 0 Å². The maximum atomic E-state index is 6.48. The minimum absolute atomic E-state index is 0.00101. The molecule has 0 heterocycles. The fourth-order valence-electron chi connectivity index (χ4n) is 3.29. The van der Waals surface area contributed by atoms with Gasteiger partial charge in [-0.1, -0.05) is 76.6 Å². The first-order chi connectivity index (χ1) is 11.4. The first-order valence-electron chi connectivity index (χ1n) is 9.23. The topological polar surface area (TPSA) is 9.23 Å². The molecule has 0 saturated carbocycles. The van der Waals surface area contributed by atoms with Crippen molar-refractivity contribution in [3.05, 3.63) is 65.2 Å². The van der Waals surface area contributed by atoms with Crippen molar-refractivity contribution in [2.75, 3.05) is 0 Å². The minimum Gasteiger partial charge on any atom is -0.544 e. The largest absolute Gasteiger partial charge is 0.544 e. The quantitative estimate of drug-likeness (QED) is 0.509. The molecule has 0 aliphatic carbocycles. The maximum Gasteiger partial charge on any atom is 0.250 e. The van der Waals surface area contributed by atoms with Crippen molar-refractivity contribution >= 4 is 8.32 Å². The predicted octanol–water partition coefficient (Wildman–Crippen LogP) is 6.70. The smallest absolute Gasteiger partial charge is 0.250 e. The summed E-state index contributed by atoms with van der Waals surface area (Å²) >= 11 is 0. The van der Waals surface area contributed by atoms with E-state index in [1.807, 2.05) is 0 Å². The van der Waals surface area contributed by atoms with E-state index in [0.29, 0.717) is 0 Å². The maximum absolute atomic E-state index is 6.48. The molecule has 0 radical (unpaired) electrons. The molecule has 0 fully saturated rings. The van der Waals surface area contributed by atoms with Gasteiger partial charge in [0.15, 0.2) is 0 Å². The lowest BCUT2D eigenvalue weighted by atomic mass is 9.78. The third-order valence-electron chi connectivity index (χ3n) is 5.62. The summed E-state index contributed by atoms with van der Waals surface area (Å²) in [6.07, 6.45) is 0. The average Bonchev–Trinajstić information content (AvgIpc) is 2.60. The monoisotopic (exact) mass is 340 g/mol. The van der Waals surface area contributed by atoms with Crippen LogP contribution in [0.15, 0.2) is 48.5 Å².